The molecule has 1 fully saturated rings. The Labute approximate surface area is 152 Å². The van der Waals surface area contributed by atoms with E-state index in [-0.39, 0.29) is 17.5 Å². The number of hydrogen-bond donors (Lipinski definition) is 2. The minimum Gasteiger partial charge on any atom is -0.355 e. The molecule has 3 rings (SSSR count). The summed E-state index contributed by atoms with van der Waals surface area (Å²) in [4.78, 5) is 37.4. The first-order valence-corrected chi connectivity index (χ1v) is 8.73. The second-order valence-electron chi connectivity index (χ2n) is 6.86. The zero-order valence-corrected chi connectivity index (χ0v) is 15.2. The number of carbonyl (C=O) groups excluding carboxylic acids is 2. The van der Waals surface area contributed by atoms with Gasteiger partial charge in [-0.2, -0.15) is 0 Å². The van der Waals surface area contributed by atoms with E-state index in [1.165, 1.54) is 23.9 Å². The van der Waals surface area contributed by atoms with Gasteiger partial charge in [0.15, 0.2) is 0 Å². The van der Waals surface area contributed by atoms with E-state index in [1.54, 1.807) is 0 Å². The maximum absolute atomic E-state index is 12.7. The predicted molar refractivity (Wildman–Crippen MR) is 99.2 cm³/mol. The maximum atomic E-state index is 12.7. The van der Waals surface area contributed by atoms with Crippen molar-refractivity contribution in [3.05, 3.63) is 69.6 Å². The molecule has 1 heterocycles. The van der Waals surface area contributed by atoms with Gasteiger partial charge in [0.05, 0.1) is 12.1 Å². The molecule has 1 aliphatic rings. The van der Waals surface area contributed by atoms with Crippen LogP contribution in [0.3, 0.4) is 0 Å². The summed E-state index contributed by atoms with van der Waals surface area (Å²) in [7, 11) is 1.46. The highest BCUT2D eigenvalue weighted by atomic mass is 16.2. The SMILES string of the molecule is CNC(=O)c1cc(C(=O)N[C@H]2C(C)[C@@H]2C)cn(Cc2ccccc2)c1=O. The van der Waals surface area contributed by atoms with E-state index in [2.05, 4.69) is 24.5 Å². The topological polar surface area (TPSA) is 80.2 Å². The van der Waals surface area contributed by atoms with E-state index in [0.29, 0.717) is 23.9 Å². The molecule has 0 saturated heterocycles. The molecule has 2 aromatic rings. The lowest BCUT2D eigenvalue weighted by Crippen LogP contribution is -2.34. The molecular weight excluding hydrogens is 330 g/mol. The Hall–Kier alpha value is -2.89. The van der Waals surface area contributed by atoms with Crippen LogP contribution >= 0.6 is 0 Å². The predicted octanol–water partition coefficient (Wildman–Crippen LogP) is 1.64. The molecule has 2 amide bonds. The third-order valence-electron chi connectivity index (χ3n) is 5.13. The number of amides is 2. The number of pyridine rings is 1. The lowest BCUT2D eigenvalue weighted by atomic mass is 10.1. The maximum Gasteiger partial charge on any atom is 0.263 e. The molecule has 3 atom stereocenters. The quantitative estimate of drug-likeness (QED) is 0.858. The molecule has 1 aliphatic carbocycles. The van der Waals surface area contributed by atoms with Gasteiger partial charge in [0, 0.05) is 19.3 Å². The van der Waals surface area contributed by atoms with Crippen molar-refractivity contribution in [2.24, 2.45) is 11.8 Å². The van der Waals surface area contributed by atoms with Crippen LogP contribution in [-0.4, -0.2) is 29.5 Å². The number of nitrogens with zero attached hydrogens (tertiary/aromatic N) is 1. The Morgan fingerprint density at radius 1 is 1.08 bits per heavy atom. The second-order valence-corrected chi connectivity index (χ2v) is 6.86. The highest BCUT2D eigenvalue weighted by Crippen LogP contribution is 2.37. The standard InChI is InChI=1S/C20H23N3O3/c1-12-13(2)17(12)22-18(24)15-9-16(19(25)21-3)20(26)23(11-15)10-14-7-5-4-6-8-14/h4-9,11-13,17H,10H2,1-3H3,(H,21,25)(H,22,24)/t12-,13?,17+/m0/s1. The van der Waals surface area contributed by atoms with Crippen LogP contribution in [0.1, 0.15) is 40.1 Å². The van der Waals surface area contributed by atoms with Crippen molar-refractivity contribution in [1.29, 1.82) is 0 Å². The summed E-state index contributed by atoms with van der Waals surface area (Å²) in [5, 5.41) is 5.44. The molecule has 0 aliphatic heterocycles. The summed E-state index contributed by atoms with van der Waals surface area (Å²) in [6.45, 7) is 4.46. The monoisotopic (exact) mass is 353 g/mol. The molecule has 6 nitrogen and oxygen atoms in total. The van der Waals surface area contributed by atoms with E-state index < -0.39 is 11.5 Å². The van der Waals surface area contributed by atoms with Crippen molar-refractivity contribution < 1.29 is 9.59 Å². The number of nitrogens with one attached hydrogen (secondary N) is 2. The third kappa shape index (κ3) is 3.54. The largest absolute Gasteiger partial charge is 0.355 e. The van der Waals surface area contributed by atoms with Gasteiger partial charge in [0.25, 0.3) is 17.4 Å². The number of rotatable bonds is 5. The minimum absolute atomic E-state index is 0.0343. The number of hydrogen-bond acceptors (Lipinski definition) is 3. The summed E-state index contributed by atoms with van der Waals surface area (Å²) in [5.74, 6) is 0.109. The van der Waals surface area contributed by atoms with Crippen LogP contribution in [0.25, 0.3) is 0 Å². The van der Waals surface area contributed by atoms with Crippen molar-refractivity contribution in [2.45, 2.75) is 26.4 Å². The smallest absolute Gasteiger partial charge is 0.263 e. The second kappa shape index (κ2) is 7.15. The van der Waals surface area contributed by atoms with Gasteiger partial charge in [-0.15, -0.1) is 0 Å². The molecule has 0 bridgehead atoms. The summed E-state index contributed by atoms with van der Waals surface area (Å²) < 4.78 is 1.41. The molecule has 2 N–H and O–H groups in total. The Bertz CT molecular complexity index is 881. The highest BCUT2D eigenvalue weighted by molar-refractivity contribution is 5.99. The van der Waals surface area contributed by atoms with E-state index in [0.717, 1.165) is 5.56 Å². The van der Waals surface area contributed by atoms with Crippen molar-refractivity contribution in [2.75, 3.05) is 7.05 Å². The van der Waals surface area contributed by atoms with Crippen LogP contribution in [0.4, 0.5) is 0 Å². The number of benzene rings is 1. The van der Waals surface area contributed by atoms with E-state index in [4.69, 9.17) is 0 Å². The minimum atomic E-state index is -0.500. The van der Waals surface area contributed by atoms with Crippen molar-refractivity contribution in [3.8, 4) is 0 Å². The van der Waals surface area contributed by atoms with Crippen molar-refractivity contribution in [3.63, 3.8) is 0 Å². The van der Waals surface area contributed by atoms with Crippen molar-refractivity contribution in [1.82, 2.24) is 15.2 Å². The van der Waals surface area contributed by atoms with Gasteiger partial charge in [-0.3, -0.25) is 14.4 Å². The average molecular weight is 353 g/mol. The zero-order chi connectivity index (χ0) is 18.8. The van der Waals surface area contributed by atoms with Gasteiger partial charge in [-0.25, -0.2) is 0 Å². The van der Waals surface area contributed by atoms with Crippen LogP contribution in [0.15, 0.2) is 47.4 Å². The Morgan fingerprint density at radius 2 is 1.73 bits per heavy atom. The molecule has 1 saturated carbocycles. The van der Waals surface area contributed by atoms with E-state index in [9.17, 15) is 14.4 Å². The molecule has 26 heavy (non-hydrogen) atoms. The first-order chi connectivity index (χ1) is 12.4. The first kappa shape index (κ1) is 17.9. The Kier molecular flexibility index (Phi) is 4.93. The van der Waals surface area contributed by atoms with Crippen LogP contribution in [0, 0.1) is 11.8 Å². The normalized spacial score (nSPS) is 21.1. The summed E-state index contributed by atoms with van der Waals surface area (Å²) in [6, 6.07) is 11.0. The van der Waals surface area contributed by atoms with Gasteiger partial charge in [0.2, 0.25) is 0 Å². The molecule has 0 spiro atoms. The lowest BCUT2D eigenvalue weighted by molar-refractivity contribution is 0.0947. The molecule has 0 radical (unpaired) electrons. The Balaban J connectivity index is 1.96. The highest BCUT2D eigenvalue weighted by Gasteiger charge is 2.43. The van der Waals surface area contributed by atoms with Crippen LogP contribution < -0.4 is 16.2 Å². The van der Waals surface area contributed by atoms with Crippen LogP contribution in [-0.2, 0) is 6.54 Å². The fourth-order valence-corrected chi connectivity index (χ4v) is 3.12. The summed E-state index contributed by atoms with van der Waals surface area (Å²) in [5.41, 5.74) is 0.774. The van der Waals surface area contributed by atoms with Crippen molar-refractivity contribution >= 4 is 11.8 Å². The Morgan fingerprint density at radius 3 is 2.31 bits per heavy atom. The van der Waals surface area contributed by atoms with Gasteiger partial charge >= 0.3 is 0 Å². The van der Waals surface area contributed by atoms with E-state index in [1.807, 2.05) is 30.3 Å². The molecule has 136 valence electrons. The van der Waals surface area contributed by atoms with Crippen LogP contribution in [0.5, 0.6) is 0 Å². The molecule has 1 aromatic heterocycles. The van der Waals surface area contributed by atoms with Gasteiger partial charge < -0.3 is 15.2 Å². The van der Waals surface area contributed by atoms with Gasteiger partial charge in [-0.05, 0) is 23.5 Å². The fraction of sp³-hybridized carbons (Fsp3) is 0.350. The average Bonchev–Trinajstić information content (AvgIpc) is 3.21. The summed E-state index contributed by atoms with van der Waals surface area (Å²) in [6.07, 6.45) is 1.52. The first-order valence-electron chi connectivity index (χ1n) is 8.73. The molecule has 1 unspecified atom stereocenters. The molecular formula is C20H23N3O3. The van der Waals surface area contributed by atoms with Gasteiger partial charge in [-0.1, -0.05) is 44.2 Å². The van der Waals surface area contributed by atoms with Gasteiger partial charge in [0.1, 0.15) is 5.56 Å². The fourth-order valence-electron chi connectivity index (χ4n) is 3.12. The zero-order valence-electron chi connectivity index (χ0n) is 15.2. The van der Waals surface area contributed by atoms with Crippen LogP contribution in [0.2, 0.25) is 0 Å². The third-order valence-corrected chi connectivity index (χ3v) is 5.13. The summed E-state index contributed by atoms with van der Waals surface area (Å²) >= 11 is 0. The molecule has 6 heteroatoms. The lowest BCUT2D eigenvalue weighted by Gasteiger charge is -2.12. The molecule has 1 aromatic carbocycles. The van der Waals surface area contributed by atoms with E-state index >= 15 is 0 Å². The number of carbonyl (C=O) groups is 2. The number of aromatic nitrogens is 1.